The molecule has 3 heterocycles. The summed E-state index contributed by atoms with van der Waals surface area (Å²) in [7, 11) is -0.828. The first-order valence-corrected chi connectivity index (χ1v) is 20.2. The average Bonchev–Trinajstić information content (AvgIpc) is 3.54. The van der Waals surface area contributed by atoms with Crippen LogP contribution in [0.2, 0.25) is 5.02 Å². The minimum Gasteiger partial charge on any atom is -0.466 e. The number of thiazole rings is 1. The number of hydrogen-bond acceptors (Lipinski definition) is 11. The number of nitrogens with zero attached hydrogens (tertiary/aromatic N) is 3. The summed E-state index contributed by atoms with van der Waals surface area (Å²) in [5.41, 5.74) is 0.418. The highest BCUT2D eigenvalue weighted by Crippen LogP contribution is 2.47. The van der Waals surface area contributed by atoms with E-state index in [1.165, 1.54) is 41.0 Å². The van der Waals surface area contributed by atoms with Crippen molar-refractivity contribution in [1.29, 1.82) is 0 Å². The number of aromatic nitrogens is 1. The van der Waals surface area contributed by atoms with Crippen molar-refractivity contribution in [3.05, 3.63) is 62.5 Å². The Hall–Kier alpha value is -1.79. The molecule has 44 heavy (non-hydrogen) atoms. The van der Waals surface area contributed by atoms with Crippen molar-refractivity contribution in [1.82, 2.24) is 14.6 Å². The third-order valence-corrected chi connectivity index (χ3v) is 13.3. The van der Waals surface area contributed by atoms with Gasteiger partial charge in [0.1, 0.15) is 18.5 Å². The Kier molecular flexibility index (Phi) is 10.6. The lowest BCUT2D eigenvalue weighted by Crippen LogP contribution is -2.54. The van der Waals surface area contributed by atoms with Crippen LogP contribution in [0.15, 0.2) is 46.0 Å². The Morgan fingerprint density at radius 3 is 2.64 bits per heavy atom. The van der Waals surface area contributed by atoms with E-state index in [-0.39, 0.29) is 48.4 Å². The number of nitrogens with one attached hydrogen (secondary N) is 1. The Bertz CT molecular complexity index is 1580. The summed E-state index contributed by atoms with van der Waals surface area (Å²) in [4.78, 5) is 35.0. The number of carbonyl (C=O) groups excluding carboxylic acids is 2. The van der Waals surface area contributed by atoms with Crippen LogP contribution < -0.4 is 5.32 Å². The van der Waals surface area contributed by atoms with Crippen LogP contribution in [0.1, 0.15) is 49.2 Å². The van der Waals surface area contributed by atoms with E-state index in [0.717, 1.165) is 0 Å². The van der Waals surface area contributed by atoms with Crippen LogP contribution in [0.4, 0.5) is 4.39 Å². The summed E-state index contributed by atoms with van der Waals surface area (Å²) < 4.78 is 53.0. The molecule has 1 atom stereocenters. The van der Waals surface area contributed by atoms with Gasteiger partial charge in [-0.05, 0) is 65.9 Å². The van der Waals surface area contributed by atoms with Gasteiger partial charge in [-0.2, -0.15) is 0 Å². The number of sulfonamides is 1. The lowest BCUT2D eigenvalue weighted by Gasteiger charge is -2.45. The Morgan fingerprint density at radius 1 is 1.30 bits per heavy atom. The van der Waals surface area contributed by atoms with Crippen molar-refractivity contribution < 1.29 is 31.9 Å². The fourth-order valence-corrected chi connectivity index (χ4v) is 9.73. The summed E-state index contributed by atoms with van der Waals surface area (Å²) >= 11 is 9.95. The predicted molar refractivity (Wildman–Crippen MR) is 177 cm³/mol. The largest absolute Gasteiger partial charge is 0.466 e. The number of esters is 2. The number of ether oxygens (including phenoxy) is 2. The van der Waals surface area contributed by atoms with Gasteiger partial charge in [0, 0.05) is 52.6 Å². The third kappa shape index (κ3) is 6.82. The average molecular weight is 797 g/mol. The first-order chi connectivity index (χ1) is 21.0. The molecule has 2 aliphatic heterocycles. The maximum absolute atomic E-state index is 13.9. The molecule has 3 aliphatic rings. The van der Waals surface area contributed by atoms with Gasteiger partial charge >= 0.3 is 11.9 Å². The Morgan fingerprint density at radius 2 is 2.02 bits per heavy atom. The van der Waals surface area contributed by atoms with Gasteiger partial charge in [0.2, 0.25) is 10.0 Å². The minimum atomic E-state index is -3.65. The molecular formula is C28H31ClFIN4O6S3. The molecule has 0 spiro atoms. The van der Waals surface area contributed by atoms with Gasteiger partial charge in [0.15, 0.2) is 10.8 Å². The van der Waals surface area contributed by atoms with Crippen molar-refractivity contribution in [3.8, 4) is 0 Å². The number of piperidine rings is 1. The molecule has 0 bridgehead atoms. The maximum Gasteiger partial charge on any atom is 0.338 e. The Labute approximate surface area is 280 Å². The SMILES string of the molecule is COC(=O)C1=C(C2CCN(S(=O)(=O)C3CC(C)(C(=O)OCCSI)C3)CC2)NC(c2nccs2)=NC1c1ccc(F)cc1Cl. The van der Waals surface area contributed by atoms with Crippen LogP contribution in [-0.4, -0.2) is 73.3 Å². The van der Waals surface area contributed by atoms with Crippen LogP contribution in [0.3, 0.4) is 0 Å². The fraction of sp³-hybridized carbons (Fsp3) is 0.500. The van der Waals surface area contributed by atoms with Gasteiger partial charge in [-0.3, -0.25) is 9.79 Å². The highest BCUT2D eigenvalue weighted by atomic mass is 127. The topological polar surface area (TPSA) is 127 Å². The number of benzene rings is 1. The molecule has 10 nitrogen and oxygen atoms in total. The molecule has 1 unspecified atom stereocenters. The van der Waals surface area contributed by atoms with Crippen LogP contribution in [-0.2, 0) is 29.1 Å². The maximum atomic E-state index is 13.9. The van der Waals surface area contributed by atoms with E-state index in [9.17, 15) is 22.4 Å². The summed E-state index contributed by atoms with van der Waals surface area (Å²) in [5.74, 6) is -0.620. The predicted octanol–water partition coefficient (Wildman–Crippen LogP) is 5.29. The highest BCUT2D eigenvalue weighted by Gasteiger charge is 2.54. The zero-order valence-electron chi connectivity index (χ0n) is 23.9. The quantitative estimate of drug-likeness (QED) is 0.194. The van der Waals surface area contributed by atoms with Crippen molar-refractivity contribution in [3.63, 3.8) is 0 Å². The lowest BCUT2D eigenvalue weighted by atomic mass is 9.70. The highest BCUT2D eigenvalue weighted by molar-refractivity contribution is 14.2. The molecule has 238 valence electrons. The number of allylic oxidation sites excluding steroid dienone is 1. The van der Waals surface area contributed by atoms with Gasteiger partial charge in [0.25, 0.3) is 0 Å². The van der Waals surface area contributed by atoms with Crippen LogP contribution in [0.25, 0.3) is 0 Å². The number of aliphatic imine (C=N–C) groups is 1. The second-order valence-electron chi connectivity index (χ2n) is 11.1. The van der Waals surface area contributed by atoms with Crippen molar-refractivity contribution in [2.45, 2.75) is 43.9 Å². The van der Waals surface area contributed by atoms with E-state index >= 15 is 0 Å². The number of halogens is 3. The van der Waals surface area contributed by atoms with Crippen LogP contribution >= 0.6 is 53.1 Å². The van der Waals surface area contributed by atoms with Gasteiger partial charge in [-0.25, -0.2) is 26.9 Å². The summed E-state index contributed by atoms with van der Waals surface area (Å²) in [6.45, 7) is 2.53. The zero-order chi connectivity index (χ0) is 31.6. The second-order valence-corrected chi connectivity index (χ2v) is 17.1. The number of amidine groups is 1. The standard InChI is InChI=1S/C28H31ClFIN4O6S3/c1-28(27(37)41-10-12-43-31)14-18(15-28)44(38,39)35-8-5-16(6-9-35)22-21(26(36)40-2)23(19-4-3-17(30)13-20(19)29)34-24(33-22)25-32-7-11-42-25/h3-4,7,11,13,16,18,23H,5-6,8-10,12,14-15H2,1-2H3,(H,33,34). The van der Waals surface area contributed by atoms with E-state index in [2.05, 4.69) is 31.5 Å². The third-order valence-electron chi connectivity index (χ3n) is 8.26. The van der Waals surface area contributed by atoms with E-state index in [4.69, 9.17) is 26.1 Å². The molecule has 1 saturated heterocycles. The first-order valence-electron chi connectivity index (χ1n) is 13.9. The molecule has 16 heteroatoms. The molecule has 2 fully saturated rings. The lowest BCUT2D eigenvalue weighted by molar-refractivity contribution is -0.159. The van der Waals surface area contributed by atoms with Crippen molar-refractivity contribution in [2.24, 2.45) is 16.3 Å². The normalized spacial score (nSPS) is 24.7. The monoisotopic (exact) mass is 796 g/mol. The molecule has 0 amide bonds. The van der Waals surface area contributed by atoms with E-state index < -0.39 is 38.5 Å². The fourth-order valence-electron chi connectivity index (χ4n) is 5.89. The molecule has 1 aliphatic carbocycles. The Balaban J connectivity index is 1.36. The number of hydrogen-bond donors (Lipinski definition) is 1. The van der Waals surface area contributed by atoms with E-state index in [1.54, 1.807) is 27.4 Å². The van der Waals surface area contributed by atoms with Gasteiger partial charge < -0.3 is 14.8 Å². The van der Waals surface area contributed by atoms with E-state index in [1.807, 2.05) is 0 Å². The van der Waals surface area contributed by atoms with Gasteiger partial charge in [-0.15, -0.1) is 11.3 Å². The number of methoxy groups -OCH3 is 1. The smallest absolute Gasteiger partial charge is 0.338 e. The van der Waals surface area contributed by atoms with Gasteiger partial charge in [-0.1, -0.05) is 26.6 Å². The molecule has 2 aromatic rings. The van der Waals surface area contributed by atoms with Gasteiger partial charge in [0.05, 0.1) is 23.3 Å². The number of carbonyl (C=O) groups is 2. The minimum absolute atomic E-state index is 0.112. The molecular weight excluding hydrogens is 766 g/mol. The summed E-state index contributed by atoms with van der Waals surface area (Å²) in [5, 5.41) is 5.16. The molecule has 5 rings (SSSR count). The molecule has 1 aromatic heterocycles. The number of rotatable bonds is 10. The second kappa shape index (κ2) is 13.9. The zero-order valence-corrected chi connectivity index (χ0v) is 29.3. The van der Waals surface area contributed by atoms with Crippen LogP contribution in [0.5, 0.6) is 0 Å². The van der Waals surface area contributed by atoms with E-state index in [0.29, 0.717) is 47.3 Å². The molecule has 1 N–H and O–H groups in total. The first kappa shape index (κ1) is 33.6. The van der Waals surface area contributed by atoms with Crippen LogP contribution in [0, 0.1) is 17.2 Å². The summed E-state index contributed by atoms with van der Waals surface area (Å²) in [6.07, 6.45) is 2.94. The molecule has 0 radical (unpaired) electrons. The summed E-state index contributed by atoms with van der Waals surface area (Å²) in [6, 6.07) is 3.03. The van der Waals surface area contributed by atoms with Crippen molar-refractivity contribution >= 4 is 80.9 Å². The van der Waals surface area contributed by atoms with Crippen molar-refractivity contribution in [2.75, 3.05) is 32.6 Å². The molecule has 1 saturated carbocycles. The molecule has 1 aromatic carbocycles.